The minimum Gasteiger partial charge on any atom is -0.508 e. The van der Waals surface area contributed by atoms with E-state index in [9.17, 15) is 0 Å². The molecule has 0 aliphatic heterocycles. The molecule has 1 rings (SSSR count). The van der Waals surface area contributed by atoms with Gasteiger partial charge in [-0.3, -0.25) is 0 Å². The summed E-state index contributed by atoms with van der Waals surface area (Å²) >= 11 is 0. The van der Waals surface area contributed by atoms with Crippen molar-refractivity contribution in [2.45, 2.75) is 33.6 Å². The number of rotatable bonds is 0. The predicted molar refractivity (Wildman–Crippen MR) is 53.5 cm³/mol. The van der Waals surface area contributed by atoms with E-state index in [1.165, 1.54) is 5.56 Å². The first-order valence-corrected chi connectivity index (χ1v) is 3.79. The third-order valence-corrected chi connectivity index (χ3v) is 1.73. The van der Waals surface area contributed by atoms with Crippen LogP contribution in [0.25, 0.3) is 0 Å². The smallest absolute Gasteiger partial charge is 0.115 e. The molecule has 1 heteroatoms. The van der Waals surface area contributed by atoms with E-state index >= 15 is 0 Å². The highest BCUT2D eigenvalue weighted by Crippen LogP contribution is 2.23. The zero-order valence-corrected chi connectivity index (χ0v) is 7.26. The van der Waals surface area contributed by atoms with Crippen molar-refractivity contribution in [2.75, 3.05) is 0 Å². The maximum atomic E-state index is 9.02. The second-order valence-corrected chi connectivity index (χ2v) is 3.80. The summed E-state index contributed by atoms with van der Waals surface area (Å²) in [5, 5.41) is 9.02. The Kier molecular flexibility index (Phi) is 3.32. The fourth-order valence-corrected chi connectivity index (χ4v) is 0.961. The fourth-order valence-electron chi connectivity index (χ4n) is 0.961. The average molecular weight is 166 g/mol. The molecular formula is C11H18O. The minimum atomic E-state index is 0. The predicted octanol–water partition coefficient (Wildman–Crippen LogP) is 3.33. The van der Waals surface area contributed by atoms with Gasteiger partial charge in [0.2, 0.25) is 0 Å². The van der Waals surface area contributed by atoms with Crippen LogP contribution in [0.5, 0.6) is 5.75 Å². The SMILES string of the molecule is C.CC(C)(C)c1ccc(O)cc1. The summed E-state index contributed by atoms with van der Waals surface area (Å²) < 4.78 is 0. The highest BCUT2D eigenvalue weighted by Gasteiger charge is 2.12. The molecule has 68 valence electrons. The van der Waals surface area contributed by atoms with Gasteiger partial charge < -0.3 is 5.11 Å². The molecule has 1 aromatic rings. The molecule has 0 spiro atoms. The van der Waals surface area contributed by atoms with Crippen molar-refractivity contribution in [1.82, 2.24) is 0 Å². The van der Waals surface area contributed by atoms with Crippen LogP contribution in [0.3, 0.4) is 0 Å². The second-order valence-electron chi connectivity index (χ2n) is 3.80. The number of aromatic hydroxyl groups is 1. The van der Waals surface area contributed by atoms with Crippen LogP contribution in [0, 0.1) is 0 Å². The molecule has 1 nitrogen and oxygen atoms in total. The molecule has 0 heterocycles. The maximum Gasteiger partial charge on any atom is 0.115 e. The Bertz CT molecular complexity index is 228. The zero-order chi connectivity index (χ0) is 8.48. The molecule has 0 aliphatic rings. The first-order valence-electron chi connectivity index (χ1n) is 3.79. The molecule has 0 aromatic heterocycles. The van der Waals surface area contributed by atoms with Crippen molar-refractivity contribution in [3.05, 3.63) is 29.8 Å². The van der Waals surface area contributed by atoms with Crippen LogP contribution in [-0.2, 0) is 5.41 Å². The van der Waals surface area contributed by atoms with Gasteiger partial charge in [0.1, 0.15) is 5.75 Å². The topological polar surface area (TPSA) is 20.2 Å². The Hall–Kier alpha value is -0.980. The third-order valence-electron chi connectivity index (χ3n) is 1.73. The summed E-state index contributed by atoms with van der Waals surface area (Å²) in [6.45, 7) is 6.46. The van der Waals surface area contributed by atoms with Gasteiger partial charge in [0.05, 0.1) is 0 Å². The van der Waals surface area contributed by atoms with Gasteiger partial charge in [0.25, 0.3) is 0 Å². The zero-order valence-electron chi connectivity index (χ0n) is 7.26. The van der Waals surface area contributed by atoms with E-state index < -0.39 is 0 Å². The highest BCUT2D eigenvalue weighted by molar-refractivity contribution is 5.29. The maximum absolute atomic E-state index is 9.02. The van der Waals surface area contributed by atoms with Gasteiger partial charge in [0.15, 0.2) is 0 Å². The normalized spacial score (nSPS) is 10.6. The van der Waals surface area contributed by atoms with E-state index in [1.54, 1.807) is 12.1 Å². The molecule has 0 saturated carbocycles. The van der Waals surface area contributed by atoms with Crippen molar-refractivity contribution >= 4 is 0 Å². The van der Waals surface area contributed by atoms with Gasteiger partial charge in [-0.1, -0.05) is 40.3 Å². The number of hydrogen-bond donors (Lipinski definition) is 1. The quantitative estimate of drug-likeness (QED) is 0.626. The lowest BCUT2D eigenvalue weighted by Gasteiger charge is -2.18. The summed E-state index contributed by atoms with van der Waals surface area (Å²) in [6.07, 6.45) is 0. The van der Waals surface area contributed by atoms with Crippen molar-refractivity contribution in [3.8, 4) is 5.75 Å². The van der Waals surface area contributed by atoms with Gasteiger partial charge in [-0.05, 0) is 23.1 Å². The van der Waals surface area contributed by atoms with E-state index in [4.69, 9.17) is 5.11 Å². The molecule has 0 atom stereocenters. The van der Waals surface area contributed by atoms with Crippen molar-refractivity contribution in [3.63, 3.8) is 0 Å². The lowest BCUT2D eigenvalue weighted by molar-refractivity contribution is 0.474. The van der Waals surface area contributed by atoms with Crippen molar-refractivity contribution in [1.29, 1.82) is 0 Å². The van der Waals surface area contributed by atoms with Crippen molar-refractivity contribution < 1.29 is 5.11 Å². The molecule has 0 amide bonds. The largest absolute Gasteiger partial charge is 0.508 e. The summed E-state index contributed by atoms with van der Waals surface area (Å²) in [6, 6.07) is 7.35. The van der Waals surface area contributed by atoms with E-state index in [2.05, 4.69) is 20.8 Å². The first-order chi connectivity index (χ1) is 5.00. The van der Waals surface area contributed by atoms with Gasteiger partial charge in [-0.15, -0.1) is 0 Å². The van der Waals surface area contributed by atoms with Gasteiger partial charge in [-0.25, -0.2) is 0 Å². The molecule has 0 aliphatic carbocycles. The number of phenols is 1. The Labute approximate surface area is 75.1 Å². The van der Waals surface area contributed by atoms with Crippen LogP contribution in [0.4, 0.5) is 0 Å². The highest BCUT2D eigenvalue weighted by atomic mass is 16.3. The molecule has 0 fully saturated rings. The van der Waals surface area contributed by atoms with E-state index in [0.29, 0.717) is 5.75 Å². The van der Waals surface area contributed by atoms with E-state index in [1.807, 2.05) is 12.1 Å². The Morgan fingerprint density at radius 3 is 1.75 bits per heavy atom. The lowest BCUT2D eigenvalue weighted by Crippen LogP contribution is -2.10. The van der Waals surface area contributed by atoms with Crippen LogP contribution in [0.2, 0.25) is 0 Å². The molecular weight excluding hydrogens is 148 g/mol. The molecule has 1 N–H and O–H groups in total. The first kappa shape index (κ1) is 11.0. The number of hydrogen-bond acceptors (Lipinski definition) is 1. The summed E-state index contributed by atoms with van der Waals surface area (Å²) in [5.41, 5.74) is 1.42. The Balaban J connectivity index is 0.00000121. The minimum absolute atomic E-state index is 0. The monoisotopic (exact) mass is 166 g/mol. The second kappa shape index (κ2) is 3.61. The van der Waals surface area contributed by atoms with Crippen molar-refractivity contribution in [2.24, 2.45) is 0 Å². The van der Waals surface area contributed by atoms with Crippen LogP contribution >= 0.6 is 0 Å². The third kappa shape index (κ3) is 2.57. The van der Waals surface area contributed by atoms with E-state index in [0.717, 1.165) is 0 Å². The van der Waals surface area contributed by atoms with Crippen LogP contribution in [0.1, 0.15) is 33.8 Å². The lowest BCUT2D eigenvalue weighted by atomic mass is 9.87. The molecule has 0 unspecified atom stereocenters. The number of phenolic OH excluding ortho intramolecular Hbond substituents is 1. The van der Waals surface area contributed by atoms with Gasteiger partial charge >= 0.3 is 0 Å². The summed E-state index contributed by atoms with van der Waals surface area (Å²) in [7, 11) is 0. The molecule has 0 bridgehead atoms. The molecule has 0 saturated heterocycles. The van der Waals surface area contributed by atoms with Crippen LogP contribution in [0.15, 0.2) is 24.3 Å². The standard InChI is InChI=1S/C10H14O.CH4/c1-10(2,3)8-4-6-9(11)7-5-8;/h4-7,11H,1-3H3;1H4. The Morgan fingerprint density at radius 1 is 1.00 bits per heavy atom. The molecule has 0 radical (unpaired) electrons. The molecule has 12 heavy (non-hydrogen) atoms. The Morgan fingerprint density at radius 2 is 1.42 bits per heavy atom. The van der Waals surface area contributed by atoms with Crippen LogP contribution in [-0.4, -0.2) is 5.11 Å². The van der Waals surface area contributed by atoms with Gasteiger partial charge in [0, 0.05) is 0 Å². The molecule has 1 aromatic carbocycles. The number of benzene rings is 1. The average Bonchev–Trinajstić information content (AvgIpc) is 1.86. The van der Waals surface area contributed by atoms with Crippen LogP contribution < -0.4 is 0 Å². The fraction of sp³-hybridized carbons (Fsp3) is 0.455. The van der Waals surface area contributed by atoms with E-state index in [-0.39, 0.29) is 12.8 Å². The summed E-state index contributed by atoms with van der Waals surface area (Å²) in [5.74, 6) is 0.331. The summed E-state index contributed by atoms with van der Waals surface area (Å²) in [4.78, 5) is 0. The van der Waals surface area contributed by atoms with Gasteiger partial charge in [-0.2, -0.15) is 0 Å².